The van der Waals surface area contributed by atoms with Crippen LogP contribution in [-0.2, 0) is 16.1 Å². The molecule has 0 aliphatic carbocycles. The maximum atomic E-state index is 13.2. The highest BCUT2D eigenvalue weighted by Crippen LogP contribution is 2.23. The van der Waals surface area contributed by atoms with Crippen molar-refractivity contribution in [2.75, 3.05) is 6.54 Å². The number of carboxylic acid groups (broad SMARTS) is 1. The highest BCUT2D eigenvalue weighted by atomic mass is 19.1. The van der Waals surface area contributed by atoms with Crippen LogP contribution < -0.4 is 10.6 Å². The number of aromatic nitrogens is 2. The number of carbonyl (C=O) groups is 3. The average molecular weight is 440 g/mol. The molecule has 0 spiro atoms. The second kappa shape index (κ2) is 9.17. The summed E-state index contributed by atoms with van der Waals surface area (Å²) in [6.07, 6.45) is 0. The monoisotopic (exact) mass is 440 g/mol. The van der Waals surface area contributed by atoms with Crippen LogP contribution in [0.1, 0.15) is 36.8 Å². The van der Waals surface area contributed by atoms with Crippen molar-refractivity contribution in [2.45, 2.75) is 33.4 Å². The minimum absolute atomic E-state index is 0.142. The lowest BCUT2D eigenvalue weighted by atomic mass is 9.86. The van der Waals surface area contributed by atoms with Crippen molar-refractivity contribution < 1.29 is 23.9 Å². The Kier molecular flexibility index (Phi) is 6.57. The summed E-state index contributed by atoms with van der Waals surface area (Å²) in [6.45, 7) is 5.09. The molecule has 2 aromatic carbocycles. The standard InChI is InChI=1S/C23H25FN4O4/c1-23(2,3)20(22(32)25-12-18(29)30)26-21(31)19-16-6-4-5-7-17(16)28(27-19)13-14-8-10-15(24)11-9-14/h4-11,20H,12-13H2,1-3H3,(H,25,32)(H,26,31)(H,29,30)/t20-/m1/s1. The molecule has 168 valence electrons. The maximum absolute atomic E-state index is 13.2. The minimum atomic E-state index is -1.18. The molecule has 0 aliphatic rings. The van der Waals surface area contributed by atoms with Gasteiger partial charge < -0.3 is 15.7 Å². The fourth-order valence-corrected chi connectivity index (χ4v) is 3.32. The molecule has 1 atom stereocenters. The number of hydrogen-bond acceptors (Lipinski definition) is 4. The normalized spacial score (nSPS) is 12.4. The summed E-state index contributed by atoms with van der Waals surface area (Å²) in [7, 11) is 0. The third-order valence-corrected chi connectivity index (χ3v) is 4.94. The number of carboxylic acids is 1. The van der Waals surface area contributed by atoms with Crippen LogP contribution in [0.25, 0.3) is 10.9 Å². The Bertz CT molecular complexity index is 1150. The van der Waals surface area contributed by atoms with Crippen LogP contribution in [0.15, 0.2) is 48.5 Å². The van der Waals surface area contributed by atoms with Crippen LogP contribution in [0.4, 0.5) is 4.39 Å². The first-order valence-electron chi connectivity index (χ1n) is 10.1. The smallest absolute Gasteiger partial charge is 0.322 e. The molecule has 0 unspecified atom stereocenters. The number of fused-ring (bicyclic) bond motifs is 1. The van der Waals surface area contributed by atoms with Crippen molar-refractivity contribution in [3.8, 4) is 0 Å². The van der Waals surface area contributed by atoms with E-state index >= 15 is 0 Å². The molecule has 0 bridgehead atoms. The van der Waals surface area contributed by atoms with Crippen molar-refractivity contribution in [1.82, 2.24) is 20.4 Å². The molecule has 2 amide bonds. The molecule has 0 fully saturated rings. The van der Waals surface area contributed by atoms with Gasteiger partial charge in [-0.1, -0.05) is 51.1 Å². The van der Waals surface area contributed by atoms with Gasteiger partial charge in [-0.15, -0.1) is 0 Å². The SMILES string of the molecule is CC(C)(C)[C@H](NC(=O)c1nn(Cc2ccc(F)cc2)c2ccccc12)C(=O)NCC(=O)O. The number of amides is 2. The average Bonchev–Trinajstić information content (AvgIpc) is 3.09. The van der Waals surface area contributed by atoms with Crippen LogP contribution in [0.2, 0.25) is 0 Å². The molecule has 0 aliphatic heterocycles. The number of benzene rings is 2. The van der Waals surface area contributed by atoms with Gasteiger partial charge in [0.05, 0.1) is 12.1 Å². The highest BCUT2D eigenvalue weighted by Gasteiger charge is 2.34. The third-order valence-electron chi connectivity index (χ3n) is 4.94. The number of para-hydroxylation sites is 1. The van der Waals surface area contributed by atoms with E-state index in [-0.39, 0.29) is 11.5 Å². The highest BCUT2D eigenvalue weighted by molar-refractivity contribution is 6.06. The van der Waals surface area contributed by atoms with E-state index in [1.807, 2.05) is 12.1 Å². The summed E-state index contributed by atoms with van der Waals surface area (Å²) >= 11 is 0. The largest absolute Gasteiger partial charge is 0.480 e. The summed E-state index contributed by atoms with van der Waals surface area (Å²) in [5.74, 6) is -2.66. The molecular weight excluding hydrogens is 415 g/mol. The number of carbonyl (C=O) groups excluding carboxylic acids is 2. The van der Waals surface area contributed by atoms with Gasteiger partial charge >= 0.3 is 5.97 Å². The van der Waals surface area contributed by atoms with Crippen molar-refractivity contribution in [1.29, 1.82) is 0 Å². The van der Waals surface area contributed by atoms with E-state index in [4.69, 9.17) is 5.11 Å². The van der Waals surface area contributed by atoms with E-state index in [0.29, 0.717) is 17.4 Å². The molecule has 0 saturated heterocycles. The summed E-state index contributed by atoms with van der Waals surface area (Å²) in [5, 5.41) is 18.9. The first-order chi connectivity index (χ1) is 15.1. The number of rotatable bonds is 7. The fourth-order valence-electron chi connectivity index (χ4n) is 3.32. The number of nitrogens with one attached hydrogen (secondary N) is 2. The van der Waals surface area contributed by atoms with E-state index in [9.17, 15) is 18.8 Å². The Hall–Kier alpha value is -3.75. The quantitative estimate of drug-likeness (QED) is 0.523. The van der Waals surface area contributed by atoms with Crippen LogP contribution in [0, 0.1) is 11.2 Å². The van der Waals surface area contributed by atoms with E-state index in [1.165, 1.54) is 12.1 Å². The lowest BCUT2D eigenvalue weighted by molar-refractivity contribution is -0.138. The van der Waals surface area contributed by atoms with Crippen molar-refractivity contribution in [2.24, 2.45) is 5.41 Å². The third kappa shape index (κ3) is 5.29. The topological polar surface area (TPSA) is 113 Å². The first-order valence-corrected chi connectivity index (χ1v) is 10.1. The maximum Gasteiger partial charge on any atom is 0.322 e. The van der Waals surface area contributed by atoms with Gasteiger partial charge in [0.25, 0.3) is 5.91 Å². The van der Waals surface area contributed by atoms with Gasteiger partial charge in [0.2, 0.25) is 5.91 Å². The molecule has 1 aromatic heterocycles. The van der Waals surface area contributed by atoms with Crippen LogP contribution >= 0.6 is 0 Å². The van der Waals surface area contributed by atoms with Crippen molar-refractivity contribution in [3.05, 3.63) is 65.6 Å². The Labute approximate surface area is 184 Å². The Morgan fingerprint density at radius 1 is 1.09 bits per heavy atom. The lowest BCUT2D eigenvalue weighted by Gasteiger charge is -2.30. The molecule has 3 aromatic rings. The predicted molar refractivity (Wildman–Crippen MR) is 117 cm³/mol. The molecular formula is C23H25FN4O4. The molecule has 1 heterocycles. The lowest BCUT2D eigenvalue weighted by Crippen LogP contribution is -2.54. The summed E-state index contributed by atoms with van der Waals surface area (Å²) < 4.78 is 14.9. The molecule has 0 saturated carbocycles. The number of aliphatic carboxylic acids is 1. The zero-order chi connectivity index (χ0) is 23.5. The van der Waals surface area contributed by atoms with Crippen molar-refractivity contribution in [3.63, 3.8) is 0 Å². The van der Waals surface area contributed by atoms with E-state index < -0.39 is 35.8 Å². The molecule has 8 nitrogen and oxygen atoms in total. The molecule has 0 radical (unpaired) electrons. The van der Waals surface area contributed by atoms with Gasteiger partial charge in [-0.25, -0.2) is 4.39 Å². The Morgan fingerprint density at radius 3 is 2.38 bits per heavy atom. The second-order valence-corrected chi connectivity index (χ2v) is 8.53. The summed E-state index contributed by atoms with van der Waals surface area (Å²) in [5.41, 5.74) is 0.991. The van der Waals surface area contributed by atoms with E-state index in [2.05, 4.69) is 15.7 Å². The van der Waals surface area contributed by atoms with E-state index in [0.717, 1.165) is 5.56 Å². The predicted octanol–water partition coefficient (Wildman–Crippen LogP) is 2.57. The van der Waals surface area contributed by atoms with Gasteiger partial charge in [-0.2, -0.15) is 5.10 Å². The fraction of sp³-hybridized carbons (Fsp3) is 0.304. The Balaban J connectivity index is 1.90. The van der Waals surface area contributed by atoms with Crippen molar-refractivity contribution >= 4 is 28.7 Å². The van der Waals surface area contributed by atoms with Gasteiger partial charge in [-0.3, -0.25) is 19.1 Å². The zero-order valence-corrected chi connectivity index (χ0v) is 18.1. The minimum Gasteiger partial charge on any atom is -0.480 e. The second-order valence-electron chi connectivity index (χ2n) is 8.53. The molecule has 3 rings (SSSR count). The van der Waals surface area contributed by atoms with Gasteiger partial charge in [0.1, 0.15) is 18.4 Å². The van der Waals surface area contributed by atoms with Gasteiger partial charge in [-0.05, 0) is 29.2 Å². The van der Waals surface area contributed by atoms with Gasteiger partial charge in [0, 0.05) is 5.39 Å². The van der Waals surface area contributed by atoms with Crippen LogP contribution in [0.3, 0.4) is 0 Å². The molecule has 32 heavy (non-hydrogen) atoms. The summed E-state index contributed by atoms with van der Waals surface area (Å²) in [4.78, 5) is 36.5. The Morgan fingerprint density at radius 2 is 1.75 bits per heavy atom. The molecule has 9 heteroatoms. The van der Waals surface area contributed by atoms with Crippen LogP contribution in [0.5, 0.6) is 0 Å². The first kappa shape index (κ1) is 22.9. The summed E-state index contributed by atoms with van der Waals surface area (Å²) in [6, 6.07) is 12.2. The number of nitrogens with zero attached hydrogens (tertiary/aromatic N) is 2. The number of halogens is 1. The number of hydrogen-bond donors (Lipinski definition) is 3. The van der Waals surface area contributed by atoms with Crippen LogP contribution in [-0.4, -0.2) is 45.3 Å². The van der Waals surface area contributed by atoms with E-state index in [1.54, 1.807) is 49.7 Å². The zero-order valence-electron chi connectivity index (χ0n) is 18.1. The van der Waals surface area contributed by atoms with Gasteiger partial charge in [0.15, 0.2) is 5.69 Å². The molecule has 3 N–H and O–H groups in total.